The second kappa shape index (κ2) is 7.75. The number of hydrogen-bond donors (Lipinski definition) is 1. The maximum absolute atomic E-state index is 12.4. The van der Waals surface area contributed by atoms with Gasteiger partial charge in [0.1, 0.15) is 6.54 Å². The number of carbonyl (C=O) groups is 1. The molecule has 2 aromatic carbocycles. The molecular weight excluding hydrogens is 314 g/mol. The molecule has 3 rings (SSSR count). The standard InChI is InChI=1S/C20H21N3O2/c1-15(11-12-16-7-3-2-4-8-16)22-19(24)13-23-14-21-18-10-6-5-9-17(18)20(23)25/h2-10,14-15H,11-13H2,1H3,(H,22,24)/t15-/m0/s1. The number of fused-ring (bicyclic) bond motifs is 1. The van der Waals surface area contributed by atoms with Crippen molar-refractivity contribution in [3.8, 4) is 0 Å². The Bertz CT molecular complexity index is 919. The average Bonchev–Trinajstić information content (AvgIpc) is 2.63. The number of para-hydroxylation sites is 1. The lowest BCUT2D eigenvalue weighted by atomic mass is 10.1. The lowest BCUT2D eigenvalue weighted by Gasteiger charge is -2.14. The second-order valence-electron chi connectivity index (χ2n) is 6.19. The first-order valence-electron chi connectivity index (χ1n) is 8.41. The molecular formula is C20H21N3O2. The molecule has 0 aliphatic carbocycles. The van der Waals surface area contributed by atoms with Gasteiger partial charge in [0.25, 0.3) is 5.56 Å². The zero-order valence-corrected chi connectivity index (χ0v) is 14.2. The molecule has 0 unspecified atom stereocenters. The molecule has 1 aromatic heterocycles. The van der Waals surface area contributed by atoms with E-state index >= 15 is 0 Å². The number of hydrogen-bond acceptors (Lipinski definition) is 3. The molecule has 1 atom stereocenters. The van der Waals surface area contributed by atoms with Gasteiger partial charge in [-0.2, -0.15) is 0 Å². The monoisotopic (exact) mass is 335 g/mol. The lowest BCUT2D eigenvalue weighted by molar-refractivity contribution is -0.122. The van der Waals surface area contributed by atoms with Crippen molar-refractivity contribution < 1.29 is 4.79 Å². The van der Waals surface area contributed by atoms with Gasteiger partial charge < -0.3 is 5.32 Å². The molecule has 0 saturated heterocycles. The normalized spacial score (nSPS) is 12.0. The fourth-order valence-electron chi connectivity index (χ4n) is 2.79. The highest BCUT2D eigenvalue weighted by molar-refractivity contribution is 5.78. The third-order valence-electron chi connectivity index (χ3n) is 4.16. The Morgan fingerprint density at radius 1 is 1.12 bits per heavy atom. The smallest absolute Gasteiger partial charge is 0.261 e. The molecule has 1 N–H and O–H groups in total. The quantitative estimate of drug-likeness (QED) is 0.753. The van der Waals surface area contributed by atoms with Crippen molar-refractivity contribution in [3.63, 3.8) is 0 Å². The van der Waals surface area contributed by atoms with Gasteiger partial charge in [-0.25, -0.2) is 4.98 Å². The Kier molecular flexibility index (Phi) is 5.23. The van der Waals surface area contributed by atoms with Crippen LogP contribution in [0, 0.1) is 0 Å². The van der Waals surface area contributed by atoms with E-state index in [0.29, 0.717) is 10.9 Å². The first-order chi connectivity index (χ1) is 12.1. The number of rotatable bonds is 6. The number of aryl methyl sites for hydroxylation is 1. The van der Waals surface area contributed by atoms with Gasteiger partial charge in [0.2, 0.25) is 5.91 Å². The Morgan fingerprint density at radius 3 is 2.64 bits per heavy atom. The molecule has 0 bridgehead atoms. The maximum atomic E-state index is 12.4. The lowest BCUT2D eigenvalue weighted by Crippen LogP contribution is -2.37. The molecule has 0 spiro atoms. The summed E-state index contributed by atoms with van der Waals surface area (Å²) in [5.74, 6) is -0.181. The number of nitrogens with zero attached hydrogens (tertiary/aromatic N) is 2. The predicted octanol–water partition coefficient (Wildman–Crippen LogP) is 2.53. The second-order valence-corrected chi connectivity index (χ2v) is 6.19. The van der Waals surface area contributed by atoms with Crippen LogP contribution >= 0.6 is 0 Å². The highest BCUT2D eigenvalue weighted by Gasteiger charge is 2.10. The summed E-state index contributed by atoms with van der Waals surface area (Å²) in [6.45, 7) is 1.95. The SMILES string of the molecule is C[C@@H](CCc1ccccc1)NC(=O)Cn1cnc2ccccc2c1=O. The fourth-order valence-corrected chi connectivity index (χ4v) is 2.79. The van der Waals surface area contributed by atoms with E-state index in [1.54, 1.807) is 18.2 Å². The summed E-state index contributed by atoms with van der Waals surface area (Å²) in [5, 5.41) is 3.47. The fraction of sp³-hybridized carbons (Fsp3) is 0.250. The highest BCUT2D eigenvalue weighted by atomic mass is 16.2. The van der Waals surface area contributed by atoms with Crippen LogP contribution in [0.5, 0.6) is 0 Å². The Balaban J connectivity index is 1.59. The van der Waals surface area contributed by atoms with Crippen LogP contribution in [0.1, 0.15) is 18.9 Å². The van der Waals surface area contributed by atoms with Gasteiger partial charge in [-0.15, -0.1) is 0 Å². The minimum absolute atomic E-state index is 0.0215. The Morgan fingerprint density at radius 2 is 1.84 bits per heavy atom. The van der Waals surface area contributed by atoms with Crippen molar-refractivity contribution in [2.75, 3.05) is 0 Å². The molecule has 25 heavy (non-hydrogen) atoms. The van der Waals surface area contributed by atoms with Crippen LogP contribution in [0.25, 0.3) is 10.9 Å². The van der Waals surface area contributed by atoms with E-state index in [4.69, 9.17) is 0 Å². The minimum Gasteiger partial charge on any atom is -0.352 e. The highest BCUT2D eigenvalue weighted by Crippen LogP contribution is 2.06. The van der Waals surface area contributed by atoms with Crippen LogP contribution in [0.3, 0.4) is 0 Å². The molecule has 1 heterocycles. The predicted molar refractivity (Wildman–Crippen MR) is 98.4 cm³/mol. The maximum Gasteiger partial charge on any atom is 0.261 e. The third-order valence-corrected chi connectivity index (χ3v) is 4.16. The topological polar surface area (TPSA) is 64.0 Å². The summed E-state index contributed by atoms with van der Waals surface area (Å²) in [4.78, 5) is 28.9. The molecule has 5 heteroatoms. The summed E-state index contributed by atoms with van der Waals surface area (Å²) in [6.07, 6.45) is 3.18. The number of carbonyl (C=O) groups excluding carboxylic acids is 1. The summed E-state index contributed by atoms with van der Waals surface area (Å²) in [7, 11) is 0. The molecule has 0 saturated carbocycles. The first kappa shape index (κ1) is 16.9. The molecule has 0 radical (unpaired) electrons. The molecule has 1 amide bonds. The summed E-state index contributed by atoms with van der Waals surface area (Å²) in [5.41, 5.74) is 1.69. The van der Waals surface area contributed by atoms with Crippen molar-refractivity contribution in [3.05, 3.63) is 76.8 Å². The number of benzene rings is 2. The van der Waals surface area contributed by atoms with Gasteiger partial charge in [-0.1, -0.05) is 42.5 Å². The van der Waals surface area contributed by atoms with E-state index in [9.17, 15) is 9.59 Å². The van der Waals surface area contributed by atoms with Crippen LogP contribution in [0.2, 0.25) is 0 Å². The third kappa shape index (κ3) is 4.32. The number of aromatic nitrogens is 2. The van der Waals surface area contributed by atoms with E-state index in [1.165, 1.54) is 16.5 Å². The molecule has 3 aromatic rings. The van der Waals surface area contributed by atoms with Crippen LogP contribution in [-0.4, -0.2) is 21.5 Å². The van der Waals surface area contributed by atoms with Crippen molar-refractivity contribution >= 4 is 16.8 Å². The van der Waals surface area contributed by atoms with E-state index < -0.39 is 0 Å². The van der Waals surface area contributed by atoms with Gasteiger partial charge in [-0.05, 0) is 37.5 Å². The molecule has 5 nitrogen and oxygen atoms in total. The van der Waals surface area contributed by atoms with Crippen molar-refractivity contribution in [1.29, 1.82) is 0 Å². The first-order valence-corrected chi connectivity index (χ1v) is 8.41. The van der Waals surface area contributed by atoms with Gasteiger partial charge >= 0.3 is 0 Å². The molecule has 0 fully saturated rings. The molecule has 0 aliphatic rings. The molecule has 0 aliphatic heterocycles. The van der Waals surface area contributed by atoms with E-state index in [2.05, 4.69) is 22.4 Å². The minimum atomic E-state index is -0.197. The van der Waals surface area contributed by atoms with Crippen LogP contribution in [0.4, 0.5) is 0 Å². The van der Waals surface area contributed by atoms with Crippen molar-refractivity contribution in [1.82, 2.24) is 14.9 Å². The summed E-state index contributed by atoms with van der Waals surface area (Å²) < 4.78 is 1.35. The van der Waals surface area contributed by atoms with Crippen LogP contribution < -0.4 is 10.9 Å². The van der Waals surface area contributed by atoms with Gasteiger partial charge in [-0.3, -0.25) is 14.2 Å². The van der Waals surface area contributed by atoms with Crippen LogP contribution in [0.15, 0.2) is 65.7 Å². The van der Waals surface area contributed by atoms with E-state index in [-0.39, 0.29) is 24.1 Å². The average molecular weight is 335 g/mol. The summed E-state index contributed by atoms with van der Waals surface area (Å²) in [6, 6.07) is 17.3. The number of amides is 1. The van der Waals surface area contributed by atoms with Crippen molar-refractivity contribution in [2.24, 2.45) is 0 Å². The number of nitrogens with one attached hydrogen (secondary N) is 1. The van der Waals surface area contributed by atoms with E-state index in [0.717, 1.165) is 12.8 Å². The Hall–Kier alpha value is -2.95. The van der Waals surface area contributed by atoms with E-state index in [1.807, 2.05) is 31.2 Å². The molecule has 128 valence electrons. The van der Waals surface area contributed by atoms with Crippen LogP contribution in [-0.2, 0) is 17.8 Å². The summed E-state index contributed by atoms with van der Waals surface area (Å²) >= 11 is 0. The zero-order chi connectivity index (χ0) is 17.6. The van der Waals surface area contributed by atoms with Gasteiger partial charge in [0, 0.05) is 6.04 Å². The van der Waals surface area contributed by atoms with Gasteiger partial charge in [0.15, 0.2) is 0 Å². The Labute approximate surface area is 146 Å². The van der Waals surface area contributed by atoms with Crippen molar-refractivity contribution in [2.45, 2.75) is 32.4 Å². The van der Waals surface area contributed by atoms with Gasteiger partial charge in [0.05, 0.1) is 17.2 Å². The largest absolute Gasteiger partial charge is 0.352 e. The zero-order valence-electron chi connectivity index (χ0n) is 14.2.